The standard InChI is InChI=1S/C28H27ClN4O2S/c1-6-36-28-23(9-10-24(29)31-28)30-17(4)20-11-15(2)12-21-25(34)16(3)26(35-27(20)21)18-7-8-22-19(13-18)14-33(5)32-22/h7-14,17,30H,6H2,1-5H3. The third kappa shape index (κ3) is 4.49. The van der Waals surface area contributed by atoms with Crippen LogP contribution < -0.4 is 10.7 Å². The quantitative estimate of drug-likeness (QED) is 0.188. The van der Waals surface area contributed by atoms with Crippen LogP contribution in [0.1, 0.15) is 36.6 Å². The zero-order valence-corrected chi connectivity index (χ0v) is 22.4. The van der Waals surface area contributed by atoms with Crippen molar-refractivity contribution in [1.29, 1.82) is 0 Å². The lowest BCUT2D eigenvalue weighted by atomic mass is 9.98. The first-order valence-corrected chi connectivity index (χ1v) is 13.2. The van der Waals surface area contributed by atoms with Gasteiger partial charge in [-0.1, -0.05) is 24.6 Å². The SMILES string of the molecule is CCSc1nc(Cl)ccc1NC(C)c1cc(C)cc2c(=O)c(C)c(-c3ccc4nn(C)cc4c3)oc12. The van der Waals surface area contributed by atoms with E-state index in [0.717, 1.165) is 44.1 Å². The van der Waals surface area contributed by atoms with Gasteiger partial charge in [0.25, 0.3) is 0 Å². The molecule has 0 saturated heterocycles. The largest absolute Gasteiger partial charge is 0.455 e. The molecule has 0 aliphatic rings. The molecule has 5 aromatic rings. The summed E-state index contributed by atoms with van der Waals surface area (Å²) >= 11 is 7.77. The predicted octanol–water partition coefficient (Wildman–Crippen LogP) is 7.30. The van der Waals surface area contributed by atoms with E-state index >= 15 is 0 Å². The van der Waals surface area contributed by atoms with Crippen molar-refractivity contribution in [3.63, 3.8) is 0 Å². The summed E-state index contributed by atoms with van der Waals surface area (Å²) in [6.45, 7) is 7.96. The summed E-state index contributed by atoms with van der Waals surface area (Å²) in [6, 6.07) is 13.5. The Kier molecular flexibility index (Phi) is 6.53. The number of halogens is 1. The van der Waals surface area contributed by atoms with Gasteiger partial charge in [-0.2, -0.15) is 5.10 Å². The maximum atomic E-state index is 13.5. The highest BCUT2D eigenvalue weighted by molar-refractivity contribution is 7.99. The van der Waals surface area contributed by atoms with Gasteiger partial charge in [0, 0.05) is 35.3 Å². The first-order chi connectivity index (χ1) is 17.2. The van der Waals surface area contributed by atoms with Crippen molar-refractivity contribution < 1.29 is 4.42 Å². The molecular weight excluding hydrogens is 492 g/mol. The highest BCUT2D eigenvalue weighted by atomic mass is 35.5. The third-order valence-corrected chi connectivity index (χ3v) is 7.30. The van der Waals surface area contributed by atoms with Gasteiger partial charge in [0.2, 0.25) is 0 Å². The van der Waals surface area contributed by atoms with Crippen molar-refractivity contribution >= 4 is 50.9 Å². The van der Waals surface area contributed by atoms with Crippen molar-refractivity contribution in [3.05, 3.63) is 80.7 Å². The number of nitrogens with zero attached hydrogens (tertiary/aromatic N) is 3. The molecule has 1 unspecified atom stereocenters. The van der Waals surface area contributed by atoms with Gasteiger partial charge in [0.15, 0.2) is 5.43 Å². The number of anilines is 1. The molecule has 0 spiro atoms. The molecule has 2 aromatic carbocycles. The van der Waals surface area contributed by atoms with Crippen molar-refractivity contribution in [3.8, 4) is 11.3 Å². The van der Waals surface area contributed by atoms with Crippen molar-refractivity contribution in [2.45, 2.75) is 38.8 Å². The zero-order chi connectivity index (χ0) is 25.6. The molecule has 0 aliphatic heterocycles. The summed E-state index contributed by atoms with van der Waals surface area (Å²) < 4.78 is 8.33. The Hall–Kier alpha value is -3.29. The van der Waals surface area contributed by atoms with Crippen LogP contribution in [0.5, 0.6) is 0 Å². The fourth-order valence-electron chi connectivity index (χ4n) is 4.54. The second-order valence-electron chi connectivity index (χ2n) is 8.98. The van der Waals surface area contributed by atoms with Crippen LogP contribution in [0.15, 0.2) is 62.9 Å². The average molecular weight is 519 g/mol. The van der Waals surface area contributed by atoms with Crippen molar-refractivity contribution in [2.75, 3.05) is 11.1 Å². The number of aromatic nitrogens is 3. The number of hydrogen-bond donors (Lipinski definition) is 1. The molecule has 5 rings (SSSR count). The van der Waals surface area contributed by atoms with Gasteiger partial charge in [-0.3, -0.25) is 9.48 Å². The fourth-order valence-corrected chi connectivity index (χ4v) is 5.46. The summed E-state index contributed by atoms with van der Waals surface area (Å²) in [7, 11) is 1.89. The van der Waals surface area contributed by atoms with Gasteiger partial charge in [-0.15, -0.1) is 11.8 Å². The van der Waals surface area contributed by atoms with Gasteiger partial charge in [0.1, 0.15) is 21.5 Å². The maximum Gasteiger partial charge on any atom is 0.196 e. The number of aryl methyl sites for hydroxylation is 2. The Bertz CT molecular complexity index is 1670. The lowest BCUT2D eigenvalue weighted by Gasteiger charge is -2.20. The Morgan fingerprint density at radius 3 is 2.75 bits per heavy atom. The molecule has 36 heavy (non-hydrogen) atoms. The molecule has 0 bridgehead atoms. The molecule has 0 aliphatic carbocycles. The smallest absolute Gasteiger partial charge is 0.196 e. The second-order valence-corrected chi connectivity index (χ2v) is 10.6. The molecule has 8 heteroatoms. The number of fused-ring (bicyclic) bond motifs is 2. The molecule has 184 valence electrons. The van der Waals surface area contributed by atoms with Crippen molar-refractivity contribution in [1.82, 2.24) is 14.8 Å². The van der Waals surface area contributed by atoms with E-state index in [0.29, 0.717) is 27.4 Å². The lowest BCUT2D eigenvalue weighted by Crippen LogP contribution is -2.13. The summed E-state index contributed by atoms with van der Waals surface area (Å²) in [5.41, 5.74) is 5.70. The highest BCUT2D eigenvalue weighted by Gasteiger charge is 2.20. The Morgan fingerprint density at radius 2 is 1.97 bits per heavy atom. The summed E-state index contributed by atoms with van der Waals surface area (Å²) in [5.74, 6) is 1.45. The van der Waals surface area contributed by atoms with E-state index < -0.39 is 0 Å². The van der Waals surface area contributed by atoms with E-state index in [1.165, 1.54) is 0 Å². The van der Waals surface area contributed by atoms with Gasteiger partial charge in [-0.05, 0) is 68.5 Å². The molecule has 0 fully saturated rings. The average Bonchev–Trinajstić information content (AvgIpc) is 3.22. The number of benzene rings is 2. The minimum Gasteiger partial charge on any atom is -0.455 e. The first kappa shape index (κ1) is 24.4. The van der Waals surface area contributed by atoms with Crippen LogP contribution in [0.3, 0.4) is 0 Å². The maximum absolute atomic E-state index is 13.5. The highest BCUT2D eigenvalue weighted by Crippen LogP contribution is 2.35. The number of thioether (sulfide) groups is 1. The predicted molar refractivity (Wildman–Crippen MR) is 149 cm³/mol. The summed E-state index contributed by atoms with van der Waals surface area (Å²) in [4.78, 5) is 18.0. The van der Waals surface area contributed by atoms with Gasteiger partial charge < -0.3 is 9.73 Å². The first-order valence-electron chi connectivity index (χ1n) is 11.8. The number of pyridine rings is 1. The molecule has 0 saturated carbocycles. The summed E-state index contributed by atoms with van der Waals surface area (Å²) in [6.07, 6.45) is 1.96. The number of rotatable bonds is 6. The zero-order valence-electron chi connectivity index (χ0n) is 20.8. The van der Waals surface area contributed by atoms with E-state index in [4.69, 9.17) is 16.0 Å². The molecule has 1 N–H and O–H groups in total. The van der Waals surface area contributed by atoms with E-state index in [-0.39, 0.29) is 11.5 Å². The molecule has 6 nitrogen and oxygen atoms in total. The molecule has 0 radical (unpaired) electrons. The van der Waals surface area contributed by atoms with Crippen LogP contribution in [0.4, 0.5) is 5.69 Å². The van der Waals surface area contributed by atoms with Crippen LogP contribution in [0.2, 0.25) is 5.15 Å². The Labute approximate surface area is 218 Å². The van der Waals surface area contributed by atoms with E-state index in [1.807, 2.05) is 57.4 Å². The van der Waals surface area contributed by atoms with E-state index in [9.17, 15) is 4.79 Å². The van der Waals surface area contributed by atoms with Crippen LogP contribution in [-0.4, -0.2) is 20.5 Å². The van der Waals surface area contributed by atoms with E-state index in [2.05, 4.69) is 35.3 Å². The van der Waals surface area contributed by atoms with Gasteiger partial charge in [0.05, 0.1) is 22.6 Å². The normalized spacial score (nSPS) is 12.4. The number of hydrogen-bond acceptors (Lipinski definition) is 6. The molecule has 3 aromatic heterocycles. The van der Waals surface area contributed by atoms with Crippen LogP contribution in [-0.2, 0) is 7.05 Å². The van der Waals surface area contributed by atoms with E-state index in [1.54, 1.807) is 22.5 Å². The monoisotopic (exact) mass is 518 g/mol. The second kappa shape index (κ2) is 9.64. The third-order valence-electron chi connectivity index (χ3n) is 6.22. The Morgan fingerprint density at radius 1 is 1.17 bits per heavy atom. The van der Waals surface area contributed by atoms with Crippen molar-refractivity contribution in [2.24, 2.45) is 7.05 Å². The molecule has 0 amide bonds. The number of nitrogens with one attached hydrogen (secondary N) is 1. The summed E-state index contributed by atoms with van der Waals surface area (Å²) in [5, 5.41) is 10.9. The topological polar surface area (TPSA) is 73.0 Å². The van der Waals surface area contributed by atoms with Gasteiger partial charge >= 0.3 is 0 Å². The van der Waals surface area contributed by atoms with Crippen LogP contribution in [0.25, 0.3) is 33.2 Å². The van der Waals surface area contributed by atoms with Gasteiger partial charge in [-0.25, -0.2) is 4.98 Å². The minimum absolute atomic E-state index is 0.0231. The molecular formula is C28H27ClN4O2S. The molecule has 3 heterocycles. The van der Waals surface area contributed by atoms with Crippen LogP contribution >= 0.6 is 23.4 Å². The minimum atomic E-state index is -0.147. The van der Waals surface area contributed by atoms with Crippen LogP contribution in [0, 0.1) is 13.8 Å². The Balaban J connectivity index is 1.65. The molecule has 1 atom stereocenters. The fraction of sp³-hybridized carbons (Fsp3) is 0.250. The lowest BCUT2D eigenvalue weighted by molar-refractivity contribution is 0.605.